The third-order valence-electron chi connectivity index (χ3n) is 4.48. The Balaban J connectivity index is 0.00000210. The third-order valence-corrected chi connectivity index (χ3v) is 4.48. The maximum atomic E-state index is 12.4. The predicted molar refractivity (Wildman–Crippen MR) is 109 cm³/mol. The monoisotopic (exact) mass is 454 g/mol. The zero-order valence-electron chi connectivity index (χ0n) is 15.6. The van der Waals surface area contributed by atoms with Gasteiger partial charge in [-0.3, -0.25) is 4.90 Å². The van der Waals surface area contributed by atoms with E-state index < -0.39 is 6.36 Å². The van der Waals surface area contributed by atoms with Gasteiger partial charge in [0.2, 0.25) is 0 Å². The summed E-state index contributed by atoms with van der Waals surface area (Å²) in [6.45, 7) is 3.08. The smallest absolute Gasteiger partial charge is 0.507 e. The van der Waals surface area contributed by atoms with Crippen LogP contribution in [-0.2, 0) is 0 Å². The van der Waals surface area contributed by atoms with Crippen LogP contribution in [0, 0.1) is 0 Å². The van der Waals surface area contributed by atoms with E-state index in [1.54, 1.807) is 24.3 Å². The second-order valence-corrected chi connectivity index (χ2v) is 6.23. The van der Waals surface area contributed by atoms with Gasteiger partial charge in [-0.1, -0.05) is 12.1 Å². The fourth-order valence-electron chi connectivity index (χ4n) is 3.26. The van der Waals surface area contributed by atoms with Crippen molar-refractivity contribution in [3.8, 4) is 17.2 Å². The van der Waals surface area contributed by atoms with Gasteiger partial charge in [0.1, 0.15) is 17.2 Å². The minimum Gasteiger partial charge on any atom is -0.507 e. The van der Waals surface area contributed by atoms with Crippen molar-refractivity contribution in [1.29, 1.82) is 0 Å². The molecular formula is C19H23Cl2F3N2O3. The first kappa shape index (κ1) is 25.2. The number of hydrogen-bond acceptors (Lipinski definition) is 5. The number of alkyl halides is 3. The molecule has 1 aliphatic heterocycles. The number of ether oxygens (including phenoxy) is 2. The van der Waals surface area contributed by atoms with E-state index in [2.05, 4.69) is 15.0 Å². The maximum Gasteiger partial charge on any atom is 0.573 e. The highest BCUT2D eigenvalue weighted by molar-refractivity contribution is 5.85. The van der Waals surface area contributed by atoms with Gasteiger partial charge in [0.25, 0.3) is 0 Å². The van der Waals surface area contributed by atoms with Crippen molar-refractivity contribution in [3.63, 3.8) is 0 Å². The van der Waals surface area contributed by atoms with Gasteiger partial charge < -0.3 is 19.9 Å². The van der Waals surface area contributed by atoms with Gasteiger partial charge in [0.15, 0.2) is 0 Å². The van der Waals surface area contributed by atoms with Crippen LogP contribution in [0.4, 0.5) is 13.2 Å². The molecule has 2 aromatic carbocycles. The fourth-order valence-corrected chi connectivity index (χ4v) is 3.26. The van der Waals surface area contributed by atoms with Crippen LogP contribution in [0.2, 0.25) is 0 Å². The summed E-state index contributed by atoms with van der Waals surface area (Å²) in [4.78, 5) is 2.18. The third kappa shape index (κ3) is 6.57. The zero-order chi connectivity index (χ0) is 19.4. The van der Waals surface area contributed by atoms with E-state index in [-0.39, 0.29) is 42.4 Å². The molecule has 0 amide bonds. The molecule has 1 atom stereocenters. The second-order valence-electron chi connectivity index (χ2n) is 6.23. The lowest BCUT2D eigenvalue weighted by molar-refractivity contribution is -0.274. The standard InChI is InChI=1S/C19H21F3N2O3.2ClH/c1-26-15-6-7-16(17(25)12-15)18(24-10-8-23-9-11-24)13-2-4-14(5-3-13)27-19(20,21)22;;/h2-7,12,18,23,25H,8-11H2,1H3;2*1H/t18-;;/m1../s1. The Morgan fingerprint density at radius 2 is 1.59 bits per heavy atom. The summed E-state index contributed by atoms with van der Waals surface area (Å²) >= 11 is 0. The van der Waals surface area contributed by atoms with Crippen molar-refractivity contribution in [2.75, 3.05) is 33.3 Å². The van der Waals surface area contributed by atoms with E-state index >= 15 is 0 Å². The number of nitrogens with zero attached hydrogens (tertiary/aromatic N) is 1. The summed E-state index contributed by atoms with van der Waals surface area (Å²) in [7, 11) is 1.52. The highest BCUT2D eigenvalue weighted by atomic mass is 35.5. The van der Waals surface area contributed by atoms with Gasteiger partial charge in [-0.15, -0.1) is 38.0 Å². The van der Waals surface area contributed by atoms with Crippen molar-refractivity contribution >= 4 is 24.8 Å². The van der Waals surface area contributed by atoms with Crippen LogP contribution in [0.15, 0.2) is 42.5 Å². The Hall–Kier alpha value is -1.87. The molecule has 1 saturated heterocycles. The molecule has 3 rings (SSSR count). The lowest BCUT2D eigenvalue weighted by atomic mass is 9.95. The molecule has 0 radical (unpaired) electrons. The molecule has 0 aromatic heterocycles. The Morgan fingerprint density at radius 3 is 2.10 bits per heavy atom. The van der Waals surface area contributed by atoms with Crippen molar-refractivity contribution in [3.05, 3.63) is 53.6 Å². The van der Waals surface area contributed by atoms with Gasteiger partial charge >= 0.3 is 6.36 Å². The summed E-state index contributed by atoms with van der Waals surface area (Å²) < 4.78 is 46.3. The van der Waals surface area contributed by atoms with Crippen LogP contribution in [0.5, 0.6) is 17.2 Å². The summed E-state index contributed by atoms with van der Waals surface area (Å²) in [5.74, 6) is 0.335. The van der Waals surface area contributed by atoms with Gasteiger partial charge in [0, 0.05) is 37.8 Å². The lowest BCUT2D eigenvalue weighted by Gasteiger charge is -2.36. The predicted octanol–water partition coefficient (Wildman–Crippen LogP) is 4.14. The van der Waals surface area contributed by atoms with E-state index in [4.69, 9.17) is 4.74 Å². The summed E-state index contributed by atoms with van der Waals surface area (Å²) in [5, 5.41) is 13.8. The molecule has 1 fully saturated rings. The van der Waals surface area contributed by atoms with Gasteiger partial charge in [0.05, 0.1) is 13.2 Å². The van der Waals surface area contributed by atoms with Crippen molar-refractivity contribution in [1.82, 2.24) is 10.2 Å². The summed E-state index contributed by atoms with van der Waals surface area (Å²) in [6.07, 6.45) is -4.73. The first-order valence-corrected chi connectivity index (χ1v) is 8.55. The average molecular weight is 455 g/mol. The van der Waals surface area contributed by atoms with Crippen molar-refractivity contribution < 1.29 is 27.8 Å². The molecular weight excluding hydrogens is 432 g/mol. The number of phenols is 1. The minimum atomic E-state index is -4.73. The number of benzene rings is 2. The number of rotatable bonds is 5. The molecule has 0 bridgehead atoms. The number of nitrogens with one attached hydrogen (secondary N) is 1. The van der Waals surface area contributed by atoms with E-state index in [1.807, 2.05) is 0 Å². The maximum absolute atomic E-state index is 12.4. The molecule has 1 heterocycles. The lowest BCUT2D eigenvalue weighted by Crippen LogP contribution is -2.45. The number of methoxy groups -OCH3 is 1. The Labute approximate surface area is 179 Å². The van der Waals surface area contributed by atoms with E-state index in [1.165, 1.54) is 25.3 Å². The van der Waals surface area contributed by atoms with E-state index in [0.29, 0.717) is 11.3 Å². The molecule has 0 spiro atoms. The minimum absolute atomic E-state index is 0. The van der Waals surface area contributed by atoms with E-state index in [0.717, 1.165) is 31.7 Å². The first-order valence-electron chi connectivity index (χ1n) is 8.55. The largest absolute Gasteiger partial charge is 0.573 e. The van der Waals surface area contributed by atoms with Crippen LogP contribution >= 0.6 is 24.8 Å². The Kier molecular flexibility index (Phi) is 9.35. The van der Waals surface area contributed by atoms with Gasteiger partial charge in [-0.25, -0.2) is 0 Å². The molecule has 0 unspecified atom stereocenters. The van der Waals surface area contributed by atoms with Crippen LogP contribution < -0.4 is 14.8 Å². The van der Waals surface area contributed by atoms with Crippen LogP contribution in [0.25, 0.3) is 0 Å². The topological polar surface area (TPSA) is 54.0 Å². The SMILES string of the molecule is COc1ccc([C@@H](c2ccc(OC(F)(F)F)cc2)N2CCNCC2)c(O)c1.Cl.Cl. The fraction of sp³-hybridized carbons (Fsp3) is 0.368. The number of piperazine rings is 1. The molecule has 10 heteroatoms. The molecule has 29 heavy (non-hydrogen) atoms. The van der Waals surface area contributed by atoms with Crippen LogP contribution in [0.3, 0.4) is 0 Å². The Morgan fingerprint density at radius 1 is 1.00 bits per heavy atom. The number of phenolic OH excluding ortho intramolecular Hbond substituents is 1. The highest BCUT2D eigenvalue weighted by Gasteiger charge is 2.31. The quantitative estimate of drug-likeness (QED) is 0.710. The normalized spacial score (nSPS) is 15.6. The molecule has 2 N–H and O–H groups in total. The van der Waals surface area contributed by atoms with Crippen LogP contribution in [-0.4, -0.2) is 49.7 Å². The zero-order valence-corrected chi connectivity index (χ0v) is 17.2. The number of aromatic hydroxyl groups is 1. The molecule has 0 saturated carbocycles. The highest BCUT2D eigenvalue weighted by Crippen LogP contribution is 2.37. The van der Waals surface area contributed by atoms with Crippen molar-refractivity contribution in [2.24, 2.45) is 0 Å². The number of hydrogen-bond donors (Lipinski definition) is 2. The van der Waals surface area contributed by atoms with Crippen LogP contribution in [0.1, 0.15) is 17.2 Å². The van der Waals surface area contributed by atoms with Gasteiger partial charge in [-0.05, 0) is 29.8 Å². The molecule has 162 valence electrons. The summed E-state index contributed by atoms with van der Waals surface area (Å²) in [6, 6.07) is 10.5. The van der Waals surface area contributed by atoms with E-state index in [9.17, 15) is 18.3 Å². The summed E-state index contributed by atoms with van der Waals surface area (Å²) in [5.41, 5.74) is 1.44. The molecule has 2 aromatic rings. The molecule has 5 nitrogen and oxygen atoms in total. The van der Waals surface area contributed by atoms with Gasteiger partial charge in [-0.2, -0.15) is 0 Å². The number of halogens is 5. The average Bonchev–Trinajstić information content (AvgIpc) is 2.64. The first-order chi connectivity index (χ1) is 12.9. The second kappa shape index (κ2) is 10.8. The van der Waals surface area contributed by atoms with Crippen molar-refractivity contribution in [2.45, 2.75) is 12.4 Å². The molecule has 0 aliphatic carbocycles. The Bertz CT molecular complexity index is 770. The molecule has 1 aliphatic rings.